The molecule has 2 saturated heterocycles. The van der Waals surface area contributed by atoms with E-state index in [9.17, 15) is 13.6 Å². The minimum Gasteiger partial charge on any atom is -0.340 e. The standard InChI is InChI=1S/C29H29F3N6O/c30-22-17-25-26(18-23(22)31)38(27(35-25)24-3-1-2-10-34-24)21-6-13-37(14-7-21)28(39)29(32)8-15-36(16-9-29)19-20-4-11-33-12-5-20/h1-5,10-12,17-18,21H,6-9,13-16,19H2. The molecule has 2 aliphatic heterocycles. The fraction of sp³-hybridized carbons (Fsp3) is 0.379. The number of aromatic nitrogens is 4. The number of amides is 1. The molecular weight excluding hydrogens is 505 g/mol. The zero-order chi connectivity index (χ0) is 27.0. The molecule has 2 fully saturated rings. The van der Waals surface area contributed by atoms with Crippen LogP contribution in [0.3, 0.4) is 0 Å². The van der Waals surface area contributed by atoms with Crippen molar-refractivity contribution >= 4 is 16.9 Å². The minimum absolute atomic E-state index is 0.126. The highest BCUT2D eigenvalue weighted by Gasteiger charge is 2.45. The largest absolute Gasteiger partial charge is 0.340 e. The summed E-state index contributed by atoms with van der Waals surface area (Å²) in [4.78, 5) is 30.1. The highest BCUT2D eigenvalue weighted by Crippen LogP contribution is 2.36. The Kier molecular flexibility index (Phi) is 6.80. The van der Waals surface area contributed by atoms with Crippen LogP contribution in [0.4, 0.5) is 13.2 Å². The summed E-state index contributed by atoms with van der Waals surface area (Å²) in [5, 5.41) is 0. The Morgan fingerprint density at radius 1 is 0.949 bits per heavy atom. The molecule has 1 aromatic carbocycles. The molecular formula is C29H29F3N6O. The van der Waals surface area contributed by atoms with Crippen LogP contribution in [-0.4, -0.2) is 67.1 Å². The number of carbonyl (C=O) groups is 1. The van der Waals surface area contributed by atoms with E-state index in [1.165, 1.54) is 0 Å². The van der Waals surface area contributed by atoms with E-state index in [2.05, 4.69) is 19.9 Å². The van der Waals surface area contributed by atoms with Crippen molar-refractivity contribution in [2.24, 2.45) is 0 Å². The lowest BCUT2D eigenvalue weighted by Gasteiger charge is -2.40. The number of hydrogen-bond acceptors (Lipinski definition) is 5. The summed E-state index contributed by atoms with van der Waals surface area (Å²) in [6.45, 7) is 2.48. The van der Waals surface area contributed by atoms with Crippen LogP contribution in [0.2, 0.25) is 0 Å². The molecule has 5 heterocycles. The first-order valence-electron chi connectivity index (χ1n) is 13.3. The van der Waals surface area contributed by atoms with Crippen molar-refractivity contribution in [2.75, 3.05) is 26.2 Å². The summed E-state index contributed by atoms with van der Waals surface area (Å²) in [6.07, 6.45) is 6.54. The Labute approximate surface area is 224 Å². The maximum Gasteiger partial charge on any atom is 0.260 e. The van der Waals surface area contributed by atoms with E-state index >= 15 is 4.39 Å². The lowest BCUT2D eigenvalue weighted by Crippen LogP contribution is -2.53. The van der Waals surface area contributed by atoms with Crippen molar-refractivity contribution in [2.45, 2.75) is 43.9 Å². The molecule has 4 aromatic rings. The molecule has 10 heteroatoms. The fourth-order valence-corrected chi connectivity index (χ4v) is 5.77. The maximum absolute atomic E-state index is 15.9. The minimum atomic E-state index is -1.87. The van der Waals surface area contributed by atoms with E-state index in [4.69, 9.17) is 0 Å². The Morgan fingerprint density at radius 3 is 2.36 bits per heavy atom. The molecule has 0 spiro atoms. The molecule has 0 N–H and O–H groups in total. The summed E-state index contributed by atoms with van der Waals surface area (Å²) in [5.41, 5.74) is 0.652. The van der Waals surface area contributed by atoms with E-state index in [-0.39, 0.29) is 18.9 Å². The number of nitrogens with zero attached hydrogens (tertiary/aromatic N) is 6. The molecule has 0 atom stereocenters. The summed E-state index contributed by atoms with van der Waals surface area (Å²) in [5.74, 6) is -1.83. The predicted molar refractivity (Wildman–Crippen MR) is 140 cm³/mol. The van der Waals surface area contributed by atoms with Crippen molar-refractivity contribution in [1.29, 1.82) is 0 Å². The van der Waals surface area contributed by atoms with Gasteiger partial charge in [0.05, 0.1) is 11.0 Å². The predicted octanol–water partition coefficient (Wildman–Crippen LogP) is 4.94. The molecule has 39 heavy (non-hydrogen) atoms. The third kappa shape index (κ3) is 5.01. The first kappa shape index (κ1) is 25.5. The number of alkyl halides is 1. The molecule has 7 nitrogen and oxygen atoms in total. The van der Waals surface area contributed by atoms with Crippen LogP contribution in [0.1, 0.15) is 37.3 Å². The number of fused-ring (bicyclic) bond motifs is 1. The van der Waals surface area contributed by atoms with E-state index in [0.717, 1.165) is 17.7 Å². The Balaban J connectivity index is 1.16. The van der Waals surface area contributed by atoms with Crippen LogP contribution in [0, 0.1) is 11.6 Å². The monoisotopic (exact) mass is 534 g/mol. The van der Waals surface area contributed by atoms with Gasteiger partial charge < -0.3 is 9.47 Å². The van der Waals surface area contributed by atoms with Crippen LogP contribution in [-0.2, 0) is 11.3 Å². The van der Waals surface area contributed by atoms with Gasteiger partial charge in [-0.05, 0) is 42.7 Å². The van der Waals surface area contributed by atoms with Gasteiger partial charge in [0.1, 0.15) is 5.69 Å². The van der Waals surface area contributed by atoms with Crippen molar-refractivity contribution in [3.63, 3.8) is 0 Å². The van der Waals surface area contributed by atoms with E-state index in [1.54, 1.807) is 35.6 Å². The molecule has 0 radical (unpaired) electrons. The Hall–Kier alpha value is -3.79. The average molecular weight is 535 g/mol. The number of likely N-dealkylation sites (tertiary alicyclic amines) is 2. The molecule has 0 unspecified atom stereocenters. The van der Waals surface area contributed by atoms with Crippen molar-refractivity contribution < 1.29 is 18.0 Å². The van der Waals surface area contributed by atoms with Crippen LogP contribution in [0.15, 0.2) is 61.1 Å². The van der Waals surface area contributed by atoms with Gasteiger partial charge in [-0.25, -0.2) is 18.2 Å². The molecule has 6 rings (SSSR count). The second-order valence-electron chi connectivity index (χ2n) is 10.4. The van der Waals surface area contributed by atoms with E-state index in [1.807, 2.05) is 22.8 Å². The number of pyridine rings is 2. The lowest BCUT2D eigenvalue weighted by atomic mass is 9.90. The zero-order valence-electron chi connectivity index (χ0n) is 21.4. The maximum atomic E-state index is 15.9. The third-order valence-electron chi connectivity index (χ3n) is 7.93. The summed E-state index contributed by atoms with van der Waals surface area (Å²) >= 11 is 0. The van der Waals surface area contributed by atoms with E-state index < -0.39 is 23.2 Å². The number of piperidine rings is 2. The molecule has 0 saturated carbocycles. The smallest absolute Gasteiger partial charge is 0.260 e. The normalized spacial score (nSPS) is 18.5. The van der Waals surface area contributed by atoms with Gasteiger partial charge in [-0.1, -0.05) is 6.07 Å². The first-order chi connectivity index (χ1) is 18.9. The second-order valence-corrected chi connectivity index (χ2v) is 10.4. The van der Waals surface area contributed by atoms with Crippen molar-refractivity contribution in [3.05, 3.63) is 78.3 Å². The number of rotatable bonds is 5. The number of carbonyl (C=O) groups excluding carboxylic acids is 1. The van der Waals surface area contributed by atoms with Gasteiger partial charge in [-0.2, -0.15) is 0 Å². The number of halogens is 3. The highest BCUT2D eigenvalue weighted by molar-refractivity contribution is 5.85. The summed E-state index contributed by atoms with van der Waals surface area (Å²) in [7, 11) is 0. The summed E-state index contributed by atoms with van der Waals surface area (Å²) in [6, 6.07) is 11.4. The third-order valence-corrected chi connectivity index (χ3v) is 7.93. The molecule has 3 aromatic heterocycles. The molecule has 2 aliphatic rings. The van der Waals surface area contributed by atoms with Gasteiger partial charge in [0.25, 0.3) is 5.91 Å². The van der Waals surface area contributed by atoms with Gasteiger partial charge in [0, 0.05) is 82.3 Å². The summed E-state index contributed by atoms with van der Waals surface area (Å²) < 4.78 is 46.0. The van der Waals surface area contributed by atoms with Gasteiger partial charge in [0.15, 0.2) is 23.1 Å². The first-order valence-corrected chi connectivity index (χ1v) is 13.3. The highest BCUT2D eigenvalue weighted by atomic mass is 19.2. The number of hydrogen-bond donors (Lipinski definition) is 0. The van der Waals surface area contributed by atoms with Crippen LogP contribution in [0.25, 0.3) is 22.6 Å². The number of imidazole rings is 1. The quantitative estimate of drug-likeness (QED) is 0.363. The molecule has 1 amide bonds. The van der Waals surface area contributed by atoms with Gasteiger partial charge >= 0.3 is 0 Å². The molecule has 0 bridgehead atoms. The Morgan fingerprint density at radius 2 is 1.67 bits per heavy atom. The van der Waals surface area contributed by atoms with Crippen LogP contribution >= 0.6 is 0 Å². The van der Waals surface area contributed by atoms with Crippen molar-refractivity contribution in [1.82, 2.24) is 29.3 Å². The number of benzene rings is 1. The fourth-order valence-electron chi connectivity index (χ4n) is 5.77. The van der Waals surface area contributed by atoms with Gasteiger partial charge in [-0.15, -0.1) is 0 Å². The SMILES string of the molecule is O=C(N1CCC(n2c(-c3ccccn3)nc3cc(F)c(F)cc32)CC1)C1(F)CCN(Cc2ccncc2)CC1. The lowest BCUT2D eigenvalue weighted by molar-refractivity contribution is -0.148. The topological polar surface area (TPSA) is 67.2 Å². The second kappa shape index (κ2) is 10.4. The van der Waals surface area contributed by atoms with Crippen LogP contribution in [0.5, 0.6) is 0 Å². The van der Waals surface area contributed by atoms with Crippen LogP contribution < -0.4 is 0 Å². The average Bonchev–Trinajstić information content (AvgIpc) is 3.33. The van der Waals surface area contributed by atoms with Gasteiger partial charge in [-0.3, -0.25) is 19.7 Å². The molecule has 202 valence electrons. The molecule has 0 aliphatic carbocycles. The van der Waals surface area contributed by atoms with E-state index in [0.29, 0.717) is 68.1 Å². The Bertz CT molecular complexity index is 1460. The van der Waals surface area contributed by atoms with Crippen molar-refractivity contribution in [3.8, 4) is 11.5 Å². The zero-order valence-corrected chi connectivity index (χ0v) is 21.4. The van der Waals surface area contributed by atoms with Gasteiger partial charge in [0.2, 0.25) is 0 Å².